The Morgan fingerprint density at radius 2 is 2.11 bits per heavy atom. The Bertz CT molecular complexity index is 1010. The standard InChI is InChI=1S/C20H22N6O2/c21-20-23-17(10-18(27)24-20)15-3-5-16(6-4-15)19(28)26-8-1-2-14(12-26)11-25-9-7-22-13-25/h3-7,9-10,13-14H,1-2,8,11-12H2,(H3,21,23,24,27)/t14-/m1/s1. The van der Waals surface area contributed by atoms with Gasteiger partial charge < -0.3 is 15.2 Å². The van der Waals surface area contributed by atoms with Gasteiger partial charge in [-0.2, -0.15) is 0 Å². The molecular weight excluding hydrogens is 356 g/mol. The summed E-state index contributed by atoms with van der Waals surface area (Å²) in [5, 5.41) is 0. The highest BCUT2D eigenvalue weighted by Gasteiger charge is 2.24. The van der Waals surface area contributed by atoms with E-state index in [0.717, 1.165) is 38.0 Å². The topological polar surface area (TPSA) is 110 Å². The summed E-state index contributed by atoms with van der Waals surface area (Å²) in [6.45, 7) is 2.39. The van der Waals surface area contributed by atoms with Crippen LogP contribution < -0.4 is 11.3 Å². The van der Waals surface area contributed by atoms with Gasteiger partial charge in [0.25, 0.3) is 11.5 Å². The molecule has 1 amide bonds. The molecule has 1 aliphatic heterocycles. The van der Waals surface area contributed by atoms with E-state index in [9.17, 15) is 9.59 Å². The number of H-pyrrole nitrogens is 1. The van der Waals surface area contributed by atoms with Crippen LogP contribution in [0.3, 0.4) is 0 Å². The Morgan fingerprint density at radius 3 is 2.82 bits per heavy atom. The van der Waals surface area contributed by atoms with Crippen molar-refractivity contribution in [2.24, 2.45) is 5.92 Å². The fourth-order valence-corrected chi connectivity index (χ4v) is 3.68. The summed E-state index contributed by atoms with van der Waals surface area (Å²) < 4.78 is 2.06. The van der Waals surface area contributed by atoms with Crippen molar-refractivity contribution >= 4 is 11.9 Å². The fourth-order valence-electron chi connectivity index (χ4n) is 3.68. The summed E-state index contributed by atoms with van der Waals surface area (Å²) in [5.41, 5.74) is 7.15. The number of benzene rings is 1. The van der Waals surface area contributed by atoms with Gasteiger partial charge >= 0.3 is 0 Å². The zero-order valence-corrected chi connectivity index (χ0v) is 15.4. The number of carbonyl (C=O) groups is 1. The lowest BCUT2D eigenvalue weighted by atomic mass is 9.97. The molecule has 2 aromatic heterocycles. The third-order valence-electron chi connectivity index (χ3n) is 5.02. The third-order valence-corrected chi connectivity index (χ3v) is 5.02. The van der Waals surface area contributed by atoms with E-state index in [1.165, 1.54) is 6.07 Å². The molecule has 0 unspecified atom stereocenters. The van der Waals surface area contributed by atoms with Crippen LogP contribution in [0.1, 0.15) is 23.2 Å². The molecule has 1 atom stereocenters. The van der Waals surface area contributed by atoms with E-state index >= 15 is 0 Å². The van der Waals surface area contributed by atoms with Crippen LogP contribution in [0.4, 0.5) is 5.95 Å². The van der Waals surface area contributed by atoms with Crippen LogP contribution in [0.15, 0.2) is 53.8 Å². The van der Waals surface area contributed by atoms with Crippen LogP contribution in [-0.4, -0.2) is 43.4 Å². The van der Waals surface area contributed by atoms with Crippen molar-refractivity contribution in [3.8, 4) is 11.3 Å². The minimum atomic E-state index is -0.306. The molecule has 0 saturated carbocycles. The highest BCUT2D eigenvalue weighted by Crippen LogP contribution is 2.22. The second-order valence-corrected chi connectivity index (χ2v) is 7.11. The molecule has 1 aliphatic rings. The minimum Gasteiger partial charge on any atom is -0.369 e. The number of hydrogen-bond acceptors (Lipinski definition) is 5. The van der Waals surface area contributed by atoms with Crippen LogP contribution in [0, 0.1) is 5.92 Å². The minimum absolute atomic E-state index is 0.0280. The second kappa shape index (κ2) is 7.67. The lowest BCUT2D eigenvalue weighted by molar-refractivity contribution is 0.0662. The summed E-state index contributed by atoms with van der Waals surface area (Å²) in [4.78, 5) is 37.0. The Labute approximate surface area is 162 Å². The number of carbonyl (C=O) groups excluding carboxylic acids is 1. The molecule has 3 heterocycles. The van der Waals surface area contributed by atoms with E-state index in [4.69, 9.17) is 5.73 Å². The molecular formula is C20H22N6O2. The zero-order chi connectivity index (χ0) is 19.5. The monoisotopic (exact) mass is 378 g/mol. The Balaban J connectivity index is 1.46. The van der Waals surface area contributed by atoms with Crippen molar-refractivity contribution in [3.63, 3.8) is 0 Å². The fraction of sp³-hybridized carbons (Fsp3) is 0.300. The molecule has 4 rings (SSSR count). The first kappa shape index (κ1) is 18.0. The molecule has 3 aromatic rings. The molecule has 1 saturated heterocycles. The number of aromatic nitrogens is 4. The van der Waals surface area contributed by atoms with Gasteiger partial charge in [-0.25, -0.2) is 9.97 Å². The summed E-state index contributed by atoms with van der Waals surface area (Å²) in [5.74, 6) is 0.523. The molecule has 28 heavy (non-hydrogen) atoms. The average Bonchev–Trinajstić information content (AvgIpc) is 3.20. The Kier molecular flexibility index (Phi) is 4.92. The smallest absolute Gasteiger partial charge is 0.253 e. The number of piperidine rings is 1. The predicted molar refractivity (Wildman–Crippen MR) is 106 cm³/mol. The van der Waals surface area contributed by atoms with Gasteiger partial charge in [0.15, 0.2) is 0 Å². The molecule has 1 fully saturated rings. The number of nitrogens with zero attached hydrogens (tertiary/aromatic N) is 4. The quantitative estimate of drug-likeness (QED) is 0.719. The van der Waals surface area contributed by atoms with Gasteiger partial charge in [-0.05, 0) is 30.9 Å². The van der Waals surface area contributed by atoms with Crippen LogP contribution >= 0.6 is 0 Å². The Morgan fingerprint density at radius 1 is 1.29 bits per heavy atom. The van der Waals surface area contributed by atoms with E-state index in [-0.39, 0.29) is 17.4 Å². The van der Waals surface area contributed by atoms with Crippen LogP contribution in [0.5, 0.6) is 0 Å². The number of likely N-dealkylation sites (tertiary alicyclic amines) is 1. The zero-order valence-electron chi connectivity index (χ0n) is 15.4. The summed E-state index contributed by atoms with van der Waals surface area (Å²) >= 11 is 0. The third kappa shape index (κ3) is 3.95. The SMILES string of the molecule is Nc1nc(-c2ccc(C(=O)N3CCC[C@H](Cn4ccnc4)C3)cc2)cc(=O)[nH]1. The highest BCUT2D eigenvalue weighted by molar-refractivity contribution is 5.94. The molecule has 3 N–H and O–H groups in total. The van der Waals surface area contributed by atoms with Gasteiger partial charge in [-0.1, -0.05) is 12.1 Å². The maximum Gasteiger partial charge on any atom is 0.253 e. The van der Waals surface area contributed by atoms with E-state index in [0.29, 0.717) is 17.2 Å². The molecule has 1 aromatic carbocycles. The summed E-state index contributed by atoms with van der Waals surface area (Å²) in [6.07, 6.45) is 7.65. The summed E-state index contributed by atoms with van der Waals surface area (Å²) in [7, 11) is 0. The van der Waals surface area contributed by atoms with Crippen molar-refractivity contribution in [2.75, 3.05) is 18.8 Å². The molecule has 0 radical (unpaired) electrons. The number of hydrogen-bond donors (Lipinski definition) is 2. The number of anilines is 1. The van der Waals surface area contributed by atoms with Crippen LogP contribution in [-0.2, 0) is 6.54 Å². The number of imidazole rings is 1. The van der Waals surface area contributed by atoms with Crippen molar-refractivity contribution in [2.45, 2.75) is 19.4 Å². The van der Waals surface area contributed by atoms with Crippen molar-refractivity contribution in [3.05, 3.63) is 65.0 Å². The van der Waals surface area contributed by atoms with E-state index in [1.54, 1.807) is 30.5 Å². The van der Waals surface area contributed by atoms with E-state index in [2.05, 4.69) is 19.5 Å². The lowest BCUT2D eigenvalue weighted by Crippen LogP contribution is -2.41. The first-order chi connectivity index (χ1) is 13.6. The molecule has 0 aliphatic carbocycles. The maximum absolute atomic E-state index is 12.9. The summed E-state index contributed by atoms with van der Waals surface area (Å²) in [6, 6.07) is 8.52. The van der Waals surface area contributed by atoms with Gasteiger partial charge in [0.1, 0.15) is 0 Å². The van der Waals surface area contributed by atoms with Gasteiger partial charge in [0.2, 0.25) is 5.95 Å². The van der Waals surface area contributed by atoms with Crippen LogP contribution in [0.25, 0.3) is 11.3 Å². The maximum atomic E-state index is 12.9. The number of amides is 1. The Hall–Kier alpha value is -3.42. The predicted octanol–water partition coefficient (Wildman–Crippen LogP) is 1.77. The normalized spacial score (nSPS) is 16.9. The van der Waals surface area contributed by atoms with E-state index in [1.807, 2.05) is 17.4 Å². The molecule has 8 heteroatoms. The number of rotatable bonds is 4. The molecule has 144 valence electrons. The first-order valence-corrected chi connectivity index (χ1v) is 9.31. The molecule has 0 spiro atoms. The van der Waals surface area contributed by atoms with Crippen molar-refractivity contribution < 1.29 is 4.79 Å². The average molecular weight is 378 g/mol. The van der Waals surface area contributed by atoms with Gasteiger partial charge in [0.05, 0.1) is 12.0 Å². The second-order valence-electron chi connectivity index (χ2n) is 7.11. The van der Waals surface area contributed by atoms with Gasteiger partial charge in [-0.3, -0.25) is 14.6 Å². The van der Waals surface area contributed by atoms with Gasteiger partial charge in [0, 0.05) is 49.2 Å². The number of nitrogen functional groups attached to an aromatic ring is 1. The molecule has 0 bridgehead atoms. The number of nitrogens with one attached hydrogen (secondary N) is 1. The van der Waals surface area contributed by atoms with E-state index < -0.39 is 0 Å². The van der Waals surface area contributed by atoms with Crippen molar-refractivity contribution in [1.29, 1.82) is 0 Å². The highest BCUT2D eigenvalue weighted by atomic mass is 16.2. The first-order valence-electron chi connectivity index (χ1n) is 9.31. The lowest BCUT2D eigenvalue weighted by Gasteiger charge is -2.33. The molecule has 8 nitrogen and oxygen atoms in total. The van der Waals surface area contributed by atoms with Gasteiger partial charge in [-0.15, -0.1) is 0 Å². The number of aromatic amines is 1. The number of nitrogens with two attached hydrogens (primary N) is 1. The van der Waals surface area contributed by atoms with Crippen LogP contribution in [0.2, 0.25) is 0 Å². The van der Waals surface area contributed by atoms with Crippen molar-refractivity contribution in [1.82, 2.24) is 24.4 Å². The largest absolute Gasteiger partial charge is 0.369 e.